The molecular formula is C27H34N4O8S. The third-order valence-corrected chi connectivity index (χ3v) is 8.63. The molecule has 0 spiro atoms. The van der Waals surface area contributed by atoms with Gasteiger partial charge in [-0.05, 0) is 55.5 Å². The monoisotopic (exact) mass is 574 g/mol. The number of ether oxygens (including phenoxy) is 1. The molecule has 13 heteroatoms. The molecule has 0 radical (unpaired) electrons. The molecule has 3 heterocycles. The van der Waals surface area contributed by atoms with Crippen LogP contribution in [0.15, 0.2) is 58.1 Å². The van der Waals surface area contributed by atoms with Crippen LogP contribution in [0.25, 0.3) is 11.0 Å². The Kier molecular flexibility index (Phi) is 8.96. The van der Waals surface area contributed by atoms with Crippen molar-refractivity contribution in [3.8, 4) is 5.75 Å². The number of methoxy groups -OCH3 is 1. The number of aliphatic hydroxyl groups is 1. The van der Waals surface area contributed by atoms with Gasteiger partial charge < -0.3 is 30.1 Å². The largest absolute Gasteiger partial charge is 0.618 e. The number of sulfonamides is 1. The number of carbonyl (C=O) groups excluding carboxylic acids is 2. The number of carbonyl (C=O) groups is 2. The molecule has 3 atom stereocenters. The topological polar surface area (TPSA) is 165 Å². The van der Waals surface area contributed by atoms with E-state index in [0.717, 1.165) is 10.5 Å². The first-order valence-electron chi connectivity index (χ1n) is 13.0. The summed E-state index contributed by atoms with van der Waals surface area (Å²) in [5.74, 6) is -0.359. The Bertz CT molecular complexity index is 1470. The Morgan fingerprint density at radius 3 is 2.73 bits per heavy atom. The number of pyridine rings is 1. The number of furan rings is 1. The molecular weight excluding hydrogens is 540 g/mol. The number of hydrogen-bond acceptors (Lipinski definition) is 8. The average molecular weight is 575 g/mol. The zero-order valence-electron chi connectivity index (χ0n) is 22.6. The quantitative estimate of drug-likeness (QED) is 0.256. The summed E-state index contributed by atoms with van der Waals surface area (Å²) in [6, 6.07) is 9.11. The lowest BCUT2D eigenvalue weighted by Crippen LogP contribution is -2.54. The Balaban J connectivity index is 1.45. The van der Waals surface area contributed by atoms with E-state index in [1.165, 1.54) is 25.3 Å². The summed E-state index contributed by atoms with van der Waals surface area (Å²) in [7, 11) is -2.62. The van der Waals surface area contributed by atoms with Crippen molar-refractivity contribution in [1.82, 2.24) is 14.9 Å². The molecule has 12 nitrogen and oxygen atoms in total. The van der Waals surface area contributed by atoms with E-state index in [1.54, 1.807) is 24.3 Å². The molecule has 3 N–H and O–H groups in total. The summed E-state index contributed by atoms with van der Waals surface area (Å²) in [6.07, 6.45) is 0.836. The molecule has 40 heavy (non-hydrogen) atoms. The fraction of sp³-hybridized carbons (Fsp3) is 0.444. The van der Waals surface area contributed by atoms with Gasteiger partial charge >= 0.3 is 15.0 Å². The second-order valence-electron chi connectivity index (χ2n) is 10.2. The molecule has 1 aliphatic heterocycles. The van der Waals surface area contributed by atoms with Gasteiger partial charge in [0.25, 0.3) is 5.91 Å². The van der Waals surface area contributed by atoms with Gasteiger partial charge in [0.05, 0.1) is 19.3 Å². The molecule has 3 aromatic rings. The molecule has 2 amide bonds. The number of aromatic nitrogens is 1. The maximum Gasteiger partial charge on any atom is 0.323 e. The first-order valence-corrected chi connectivity index (χ1v) is 14.5. The number of rotatable bonds is 9. The molecule has 0 bridgehead atoms. The standard InChI is InChI=1S/C27H34N4O8S/c1-17(2)13-21(29-27(34)24-15-18-14-19(38-3)9-10-23(18)39-24)26(33)28-20-7-6-11-30(16-22(20)32)40(36,37)25-8-4-5-12-31(25)35/h4-5,8-10,12,14-15,17,20-22,32H,6-7,11,13,16H2,1-3H3,(H,28,33)(H,29,34)/t20?,21?,22-/m0/s1. The van der Waals surface area contributed by atoms with E-state index in [4.69, 9.17) is 9.15 Å². The third kappa shape index (κ3) is 6.54. The Morgan fingerprint density at radius 2 is 2.02 bits per heavy atom. The highest BCUT2D eigenvalue weighted by Crippen LogP contribution is 2.24. The van der Waals surface area contributed by atoms with Gasteiger partial charge in [0.2, 0.25) is 5.91 Å². The summed E-state index contributed by atoms with van der Waals surface area (Å²) in [5, 5.41) is 28.7. The van der Waals surface area contributed by atoms with Gasteiger partial charge in [0.1, 0.15) is 17.4 Å². The first kappa shape index (κ1) is 29.3. The van der Waals surface area contributed by atoms with Crippen LogP contribution < -0.4 is 20.1 Å². The van der Waals surface area contributed by atoms with Gasteiger partial charge in [-0.3, -0.25) is 9.59 Å². The first-order chi connectivity index (χ1) is 19.0. The lowest BCUT2D eigenvalue weighted by atomic mass is 10.0. The highest BCUT2D eigenvalue weighted by Gasteiger charge is 2.37. The minimum Gasteiger partial charge on any atom is -0.618 e. The summed E-state index contributed by atoms with van der Waals surface area (Å²) in [5.41, 5.74) is 0.495. The number of β-amino-alcohol motifs (C(OH)–C–C–N with tert-alkyl or cyclic N) is 1. The van der Waals surface area contributed by atoms with Crippen molar-refractivity contribution in [1.29, 1.82) is 0 Å². The van der Waals surface area contributed by atoms with E-state index in [9.17, 15) is 28.3 Å². The highest BCUT2D eigenvalue weighted by molar-refractivity contribution is 7.88. The van der Waals surface area contributed by atoms with E-state index < -0.39 is 45.1 Å². The van der Waals surface area contributed by atoms with E-state index in [2.05, 4.69) is 10.6 Å². The lowest BCUT2D eigenvalue weighted by Gasteiger charge is -2.27. The third-order valence-electron chi connectivity index (χ3n) is 6.77. The van der Waals surface area contributed by atoms with Crippen molar-refractivity contribution < 1.29 is 37.0 Å². The summed E-state index contributed by atoms with van der Waals surface area (Å²) < 4.78 is 38.3. The van der Waals surface area contributed by atoms with Crippen LogP contribution in [0, 0.1) is 11.1 Å². The van der Waals surface area contributed by atoms with Crippen LogP contribution in [0.4, 0.5) is 0 Å². The minimum atomic E-state index is -4.16. The Morgan fingerprint density at radius 1 is 1.25 bits per heavy atom. The molecule has 4 rings (SSSR count). The molecule has 0 saturated carbocycles. The number of amides is 2. The van der Waals surface area contributed by atoms with Crippen LogP contribution in [0.1, 0.15) is 43.7 Å². The average Bonchev–Trinajstić information content (AvgIpc) is 3.25. The summed E-state index contributed by atoms with van der Waals surface area (Å²) in [4.78, 5) is 26.3. The summed E-state index contributed by atoms with van der Waals surface area (Å²) in [6.45, 7) is 3.60. The molecule has 2 unspecified atom stereocenters. The second-order valence-corrected chi connectivity index (χ2v) is 12.1. The van der Waals surface area contributed by atoms with E-state index >= 15 is 0 Å². The van der Waals surface area contributed by atoms with Crippen LogP contribution in [0.3, 0.4) is 0 Å². The van der Waals surface area contributed by atoms with Crippen molar-refractivity contribution >= 4 is 32.8 Å². The number of nitrogens with zero attached hydrogens (tertiary/aromatic N) is 2. The van der Waals surface area contributed by atoms with Gasteiger partial charge in [0.15, 0.2) is 12.0 Å². The van der Waals surface area contributed by atoms with Crippen LogP contribution in [0.2, 0.25) is 0 Å². The van der Waals surface area contributed by atoms with Gasteiger partial charge in [0, 0.05) is 30.6 Å². The lowest BCUT2D eigenvalue weighted by molar-refractivity contribution is -0.646. The van der Waals surface area contributed by atoms with Gasteiger partial charge in [-0.2, -0.15) is 9.04 Å². The number of fused-ring (bicyclic) bond motifs is 1. The van der Waals surface area contributed by atoms with Crippen molar-refractivity contribution in [2.75, 3.05) is 20.2 Å². The zero-order valence-corrected chi connectivity index (χ0v) is 23.4. The van der Waals surface area contributed by atoms with Crippen LogP contribution in [-0.4, -0.2) is 68.0 Å². The van der Waals surface area contributed by atoms with Crippen molar-refractivity contribution in [3.63, 3.8) is 0 Å². The molecule has 1 saturated heterocycles. The predicted octanol–water partition coefficient (Wildman–Crippen LogP) is 1.55. The van der Waals surface area contributed by atoms with Crippen LogP contribution >= 0.6 is 0 Å². The number of nitrogens with one attached hydrogen (secondary N) is 2. The molecule has 216 valence electrons. The number of aliphatic hydroxyl groups excluding tert-OH is 1. The molecule has 2 aromatic heterocycles. The molecule has 0 aliphatic carbocycles. The molecule has 1 aliphatic rings. The molecule has 1 aromatic carbocycles. The van der Waals surface area contributed by atoms with Crippen molar-refractivity contribution in [2.45, 2.75) is 56.3 Å². The molecule has 1 fully saturated rings. The predicted molar refractivity (Wildman–Crippen MR) is 145 cm³/mol. The van der Waals surface area contributed by atoms with Crippen molar-refractivity contribution in [2.24, 2.45) is 5.92 Å². The maximum atomic E-state index is 13.3. The van der Waals surface area contributed by atoms with Gasteiger partial charge in [-0.1, -0.05) is 13.8 Å². The smallest absolute Gasteiger partial charge is 0.323 e. The van der Waals surface area contributed by atoms with E-state index in [0.29, 0.717) is 36.0 Å². The van der Waals surface area contributed by atoms with Crippen molar-refractivity contribution in [3.05, 3.63) is 59.6 Å². The van der Waals surface area contributed by atoms with E-state index in [-0.39, 0.29) is 29.5 Å². The second kappa shape index (κ2) is 12.2. The van der Waals surface area contributed by atoms with Crippen LogP contribution in [0.5, 0.6) is 5.75 Å². The Labute approximate surface area is 232 Å². The fourth-order valence-electron chi connectivity index (χ4n) is 4.71. The number of benzene rings is 1. The van der Waals surface area contributed by atoms with Crippen LogP contribution in [-0.2, 0) is 14.8 Å². The van der Waals surface area contributed by atoms with Gasteiger partial charge in [-0.25, -0.2) is 8.42 Å². The summed E-state index contributed by atoms with van der Waals surface area (Å²) >= 11 is 0. The zero-order chi connectivity index (χ0) is 29.0. The highest BCUT2D eigenvalue weighted by atomic mass is 32.2. The normalized spacial score (nSPS) is 19.2. The maximum absolute atomic E-state index is 13.3. The fourth-order valence-corrected chi connectivity index (χ4v) is 6.24. The SMILES string of the molecule is COc1ccc2oc(C(=O)NC(CC(C)C)C(=O)NC3CCCN(S(=O)(=O)c4cccc[n+]4[O-])C[C@@H]3O)cc2c1. The Hall–Kier alpha value is -3.68. The van der Waals surface area contributed by atoms with E-state index in [1.807, 2.05) is 13.8 Å². The number of hydrogen-bond donors (Lipinski definition) is 3. The van der Waals surface area contributed by atoms with Gasteiger partial charge in [-0.15, -0.1) is 0 Å². The minimum absolute atomic E-state index is 0.0386.